The molecule has 206 valence electrons. The van der Waals surface area contributed by atoms with Gasteiger partial charge >= 0.3 is 0 Å². The third-order valence-electron chi connectivity index (χ3n) is 8.24. The second kappa shape index (κ2) is 9.75. The summed E-state index contributed by atoms with van der Waals surface area (Å²) in [5, 5.41) is 4.52. The summed E-state index contributed by atoms with van der Waals surface area (Å²) in [5.74, 6) is 1.83. The van der Waals surface area contributed by atoms with Crippen molar-refractivity contribution in [1.29, 1.82) is 0 Å². The molecule has 0 spiro atoms. The molecular formula is C39H24N4O. The minimum atomic E-state index is 0.585. The molecule has 0 unspecified atom stereocenters. The van der Waals surface area contributed by atoms with E-state index in [2.05, 4.69) is 77.4 Å². The fourth-order valence-electron chi connectivity index (χ4n) is 6.26. The number of hydrogen-bond donors (Lipinski definition) is 0. The van der Waals surface area contributed by atoms with Gasteiger partial charge in [-0.15, -0.1) is 0 Å². The lowest BCUT2D eigenvalue weighted by atomic mass is 10.1. The highest BCUT2D eigenvalue weighted by molar-refractivity contribution is 6.15. The Balaban J connectivity index is 1.39. The van der Waals surface area contributed by atoms with Crippen molar-refractivity contribution >= 4 is 43.7 Å². The zero-order valence-electron chi connectivity index (χ0n) is 23.6. The maximum atomic E-state index is 6.52. The molecule has 0 saturated carbocycles. The summed E-state index contributed by atoms with van der Waals surface area (Å²) in [5.41, 5.74) is 7.61. The van der Waals surface area contributed by atoms with Crippen LogP contribution < -0.4 is 0 Å². The second-order valence-corrected chi connectivity index (χ2v) is 10.9. The van der Waals surface area contributed by atoms with Gasteiger partial charge in [-0.3, -0.25) is 0 Å². The zero-order chi connectivity index (χ0) is 29.0. The van der Waals surface area contributed by atoms with Gasteiger partial charge < -0.3 is 8.98 Å². The van der Waals surface area contributed by atoms with E-state index < -0.39 is 0 Å². The van der Waals surface area contributed by atoms with E-state index in [9.17, 15) is 0 Å². The van der Waals surface area contributed by atoms with Crippen LogP contribution in [-0.4, -0.2) is 19.5 Å². The predicted molar refractivity (Wildman–Crippen MR) is 178 cm³/mol. The van der Waals surface area contributed by atoms with Gasteiger partial charge in [0.2, 0.25) is 0 Å². The molecule has 0 N–H and O–H groups in total. The van der Waals surface area contributed by atoms with Crippen molar-refractivity contribution in [2.45, 2.75) is 0 Å². The molecule has 5 nitrogen and oxygen atoms in total. The molecule has 3 aromatic heterocycles. The largest absolute Gasteiger partial charge is 0.456 e. The van der Waals surface area contributed by atoms with Crippen molar-refractivity contribution in [2.24, 2.45) is 0 Å². The number of para-hydroxylation sites is 3. The first-order chi connectivity index (χ1) is 21.8. The molecule has 9 aromatic rings. The van der Waals surface area contributed by atoms with Crippen molar-refractivity contribution in [3.63, 3.8) is 0 Å². The minimum absolute atomic E-state index is 0.585. The topological polar surface area (TPSA) is 56.7 Å². The Hall–Kier alpha value is -6.07. The van der Waals surface area contributed by atoms with Crippen molar-refractivity contribution in [1.82, 2.24) is 19.5 Å². The van der Waals surface area contributed by atoms with E-state index in [4.69, 9.17) is 19.4 Å². The molecule has 0 aliphatic heterocycles. The van der Waals surface area contributed by atoms with Crippen LogP contribution in [-0.2, 0) is 0 Å². The molecule has 0 aliphatic rings. The normalized spacial score (nSPS) is 11.6. The van der Waals surface area contributed by atoms with Gasteiger partial charge in [0, 0.05) is 32.8 Å². The van der Waals surface area contributed by atoms with Crippen LogP contribution in [0.1, 0.15) is 0 Å². The van der Waals surface area contributed by atoms with E-state index >= 15 is 0 Å². The zero-order valence-corrected chi connectivity index (χ0v) is 23.6. The quantitative estimate of drug-likeness (QED) is 0.213. The highest BCUT2D eigenvalue weighted by Gasteiger charge is 2.21. The summed E-state index contributed by atoms with van der Waals surface area (Å²) in [6.45, 7) is 0. The van der Waals surface area contributed by atoms with Gasteiger partial charge in [-0.25, -0.2) is 15.0 Å². The van der Waals surface area contributed by atoms with Gasteiger partial charge in [-0.1, -0.05) is 115 Å². The Morgan fingerprint density at radius 3 is 1.48 bits per heavy atom. The molecule has 9 rings (SSSR count). The Bertz CT molecular complexity index is 2380. The van der Waals surface area contributed by atoms with Gasteiger partial charge in [0.05, 0.1) is 22.1 Å². The third kappa shape index (κ3) is 3.83. The molecule has 3 heterocycles. The van der Waals surface area contributed by atoms with Crippen LogP contribution in [0.25, 0.3) is 83.6 Å². The van der Waals surface area contributed by atoms with E-state index in [0.717, 1.165) is 55.3 Å². The van der Waals surface area contributed by atoms with Crippen molar-refractivity contribution in [2.75, 3.05) is 0 Å². The maximum absolute atomic E-state index is 6.52. The monoisotopic (exact) mass is 564 g/mol. The van der Waals surface area contributed by atoms with Gasteiger partial charge in [-0.05, 0) is 30.3 Å². The summed E-state index contributed by atoms with van der Waals surface area (Å²) < 4.78 is 8.87. The highest BCUT2D eigenvalue weighted by atomic mass is 16.3. The lowest BCUT2D eigenvalue weighted by Crippen LogP contribution is -2.01. The molecule has 0 aliphatic carbocycles. The molecule has 0 amide bonds. The average molecular weight is 565 g/mol. The number of furan rings is 1. The van der Waals surface area contributed by atoms with E-state index in [1.54, 1.807) is 0 Å². The first-order valence-corrected chi connectivity index (χ1v) is 14.6. The number of nitrogens with zero attached hydrogens (tertiary/aromatic N) is 4. The average Bonchev–Trinajstić information content (AvgIpc) is 3.64. The minimum Gasteiger partial charge on any atom is -0.456 e. The predicted octanol–water partition coefficient (Wildman–Crippen LogP) is 9.87. The van der Waals surface area contributed by atoms with Crippen LogP contribution in [0.2, 0.25) is 0 Å². The molecule has 0 bridgehead atoms. The summed E-state index contributed by atoms with van der Waals surface area (Å²) in [6, 6.07) is 49.7. The molecule has 5 heteroatoms. The maximum Gasteiger partial charge on any atom is 0.164 e. The molecular weight excluding hydrogens is 540 g/mol. The Morgan fingerprint density at radius 2 is 0.886 bits per heavy atom. The number of fused-ring (bicyclic) bond motifs is 6. The standard InChI is InChI=1S/C39H24N4O/c1-3-13-25(14-4-1)37-40-38(26-15-5-2-6-16-26)42-39(41-37)27-23-33(36-30-19-9-12-22-34(30)44-35(36)24-27)43-31-20-10-7-17-28(31)29-18-8-11-21-32(29)43/h1-24H. The first kappa shape index (κ1) is 24.5. The molecule has 0 fully saturated rings. The fourth-order valence-corrected chi connectivity index (χ4v) is 6.26. The number of rotatable bonds is 4. The van der Waals surface area contributed by atoms with Crippen molar-refractivity contribution in [3.8, 4) is 39.9 Å². The lowest BCUT2D eigenvalue weighted by molar-refractivity contribution is 0.669. The van der Waals surface area contributed by atoms with Crippen molar-refractivity contribution < 1.29 is 4.42 Å². The Kier molecular flexibility index (Phi) is 5.43. The third-order valence-corrected chi connectivity index (χ3v) is 8.24. The SMILES string of the molecule is c1ccc(-c2nc(-c3ccccc3)nc(-c3cc(-n4c5ccccc5c5ccccc54)c4c(c3)oc3ccccc34)n2)cc1. The summed E-state index contributed by atoms with van der Waals surface area (Å²) in [4.78, 5) is 15.0. The van der Waals surface area contributed by atoms with E-state index in [-0.39, 0.29) is 0 Å². The van der Waals surface area contributed by atoms with Crippen LogP contribution in [0.4, 0.5) is 0 Å². The summed E-state index contributed by atoms with van der Waals surface area (Å²) in [6.07, 6.45) is 0. The smallest absolute Gasteiger partial charge is 0.164 e. The van der Waals surface area contributed by atoms with Crippen LogP contribution >= 0.6 is 0 Å². The fraction of sp³-hybridized carbons (Fsp3) is 0. The Labute approximate surface area is 252 Å². The molecule has 0 radical (unpaired) electrons. The van der Waals surface area contributed by atoms with E-state index in [1.807, 2.05) is 72.8 Å². The number of hydrogen-bond acceptors (Lipinski definition) is 4. The molecule has 0 atom stereocenters. The Morgan fingerprint density at radius 1 is 0.409 bits per heavy atom. The second-order valence-electron chi connectivity index (χ2n) is 10.9. The van der Waals surface area contributed by atoms with Gasteiger partial charge in [0.15, 0.2) is 17.5 Å². The number of benzene rings is 6. The summed E-state index contributed by atoms with van der Waals surface area (Å²) in [7, 11) is 0. The number of aromatic nitrogens is 4. The van der Waals surface area contributed by atoms with E-state index in [0.29, 0.717) is 17.5 Å². The van der Waals surface area contributed by atoms with Gasteiger partial charge in [0.25, 0.3) is 0 Å². The van der Waals surface area contributed by atoms with Gasteiger partial charge in [-0.2, -0.15) is 0 Å². The van der Waals surface area contributed by atoms with Gasteiger partial charge in [0.1, 0.15) is 11.2 Å². The lowest BCUT2D eigenvalue weighted by Gasteiger charge is -2.13. The van der Waals surface area contributed by atoms with Crippen molar-refractivity contribution in [3.05, 3.63) is 146 Å². The first-order valence-electron chi connectivity index (χ1n) is 14.6. The summed E-state index contributed by atoms with van der Waals surface area (Å²) >= 11 is 0. The highest BCUT2D eigenvalue weighted by Crippen LogP contribution is 2.40. The van der Waals surface area contributed by atoms with Crippen LogP contribution in [0.3, 0.4) is 0 Å². The molecule has 0 saturated heterocycles. The molecule has 44 heavy (non-hydrogen) atoms. The van der Waals surface area contributed by atoms with Crippen LogP contribution in [0.15, 0.2) is 150 Å². The van der Waals surface area contributed by atoms with Crippen LogP contribution in [0, 0.1) is 0 Å². The molecule has 6 aromatic carbocycles. The van der Waals surface area contributed by atoms with E-state index in [1.165, 1.54) is 10.8 Å². The van der Waals surface area contributed by atoms with Crippen LogP contribution in [0.5, 0.6) is 0 Å².